The highest BCUT2D eigenvalue weighted by Gasteiger charge is 2.26. The van der Waals surface area contributed by atoms with Gasteiger partial charge < -0.3 is 4.90 Å². The van der Waals surface area contributed by atoms with Crippen LogP contribution in [0.25, 0.3) is 10.2 Å². The number of benzene rings is 2. The van der Waals surface area contributed by atoms with Crippen LogP contribution in [0.1, 0.15) is 87.0 Å². The van der Waals surface area contributed by atoms with Gasteiger partial charge in [-0.1, -0.05) is 54.1 Å². The highest BCUT2D eigenvalue weighted by molar-refractivity contribution is 7.17. The van der Waals surface area contributed by atoms with Crippen LogP contribution in [-0.4, -0.2) is 39.6 Å². The van der Waals surface area contributed by atoms with E-state index in [4.69, 9.17) is 4.98 Å². The fraction of sp³-hybridized carbons (Fsp3) is 0.306. The van der Waals surface area contributed by atoms with Gasteiger partial charge in [0.25, 0.3) is 0 Å². The predicted octanol–water partition coefficient (Wildman–Crippen LogP) is 8.23. The monoisotopic (exact) mass is 618 g/mol. The summed E-state index contributed by atoms with van der Waals surface area (Å²) in [5.41, 5.74) is 6.99. The zero-order chi connectivity index (χ0) is 29.9. The van der Waals surface area contributed by atoms with Gasteiger partial charge in [0, 0.05) is 41.9 Å². The highest BCUT2D eigenvalue weighted by atomic mass is 32.1. The molecule has 1 aliphatic carbocycles. The number of aryl methyl sites for hydroxylation is 1. The van der Waals surface area contributed by atoms with Crippen molar-refractivity contribution in [3.05, 3.63) is 116 Å². The third-order valence-corrected chi connectivity index (χ3v) is 10.8. The number of carbonyl (C=O) groups excluding carboxylic acids is 2. The van der Waals surface area contributed by atoms with E-state index in [1.807, 2.05) is 47.8 Å². The molecule has 6 nitrogen and oxygen atoms in total. The summed E-state index contributed by atoms with van der Waals surface area (Å²) in [6.45, 7) is 1.86. The summed E-state index contributed by atoms with van der Waals surface area (Å²) in [6, 6.07) is 17.7. The molecule has 0 radical (unpaired) electrons. The average Bonchev–Trinajstić information content (AvgIpc) is 3.75. The summed E-state index contributed by atoms with van der Waals surface area (Å²) in [7, 11) is 0. The fourth-order valence-corrected chi connectivity index (χ4v) is 8.25. The van der Waals surface area contributed by atoms with Gasteiger partial charge >= 0.3 is 0 Å². The number of nitrogens with zero attached hydrogens (tertiary/aromatic N) is 4. The molecule has 222 valence electrons. The Hall–Kier alpha value is -4.01. The molecule has 0 amide bonds. The van der Waals surface area contributed by atoms with E-state index >= 15 is 0 Å². The molecule has 44 heavy (non-hydrogen) atoms. The number of ketones is 2. The second kappa shape index (κ2) is 12.9. The molecule has 3 aromatic heterocycles. The van der Waals surface area contributed by atoms with Gasteiger partial charge in [-0.05, 0) is 73.6 Å². The lowest BCUT2D eigenvalue weighted by Gasteiger charge is -2.32. The van der Waals surface area contributed by atoms with Gasteiger partial charge in [0.05, 0.1) is 15.2 Å². The predicted molar refractivity (Wildman–Crippen MR) is 178 cm³/mol. The van der Waals surface area contributed by atoms with Gasteiger partial charge in [0.2, 0.25) is 0 Å². The van der Waals surface area contributed by atoms with Crippen LogP contribution in [0.2, 0.25) is 0 Å². The second-order valence-electron chi connectivity index (χ2n) is 11.7. The first-order chi connectivity index (χ1) is 21.6. The van der Waals surface area contributed by atoms with Crippen LogP contribution in [0.4, 0.5) is 5.82 Å². The molecule has 1 aliphatic heterocycles. The van der Waals surface area contributed by atoms with Crippen molar-refractivity contribution in [2.75, 3.05) is 18.0 Å². The third kappa shape index (κ3) is 6.14. The van der Waals surface area contributed by atoms with Crippen LogP contribution in [0.3, 0.4) is 0 Å². The minimum absolute atomic E-state index is 0.0722. The minimum Gasteiger partial charge on any atom is -0.355 e. The molecule has 0 spiro atoms. The summed E-state index contributed by atoms with van der Waals surface area (Å²) >= 11 is 3.33. The second-order valence-corrected chi connectivity index (χ2v) is 13.5. The molecule has 1 fully saturated rings. The number of thiazole rings is 1. The topological polar surface area (TPSA) is 76.1 Å². The molecule has 0 bridgehead atoms. The van der Waals surface area contributed by atoms with Crippen molar-refractivity contribution in [2.45, 2.75) is 57.3 Å². The quantitative estimate of drug-likeness (QED) is 0.129. The fourth-order valence-electron chi connectivity index (χ4n) is 6.39. The number of fused-ring (bicyclic) bond motifs is 2. The Morgan fingerprint density at radius 2 is 1.77 bits per heavy atom. The lowest BCUT2D eigenvalue weighted by molar-refractivity contribution is 0.0977. The molecule has 0 atom stereocenters. The Morgan fingerprint density at radius 3 is 2.64 bits per heavy atom. The standard InChI is InChI=1S/C36H34N4O2S2/c41-32(31-22-44-36(39-31)27-15-18-40(19-16-27)35-34-30(17-20-43-34)37-23-38-35)14-10-24-5-4-8-28-21-29(13-12-25(28)11-9-24)33(42)26-6-2-1-3-7-26/h1-3,6-7,9,12-13,17,20-23,27H,4-5,8,10-11,14-16,18-19H2/b24-9+. The molecule has 0 N–H and O–H groups in total. The van der Waals surface area contributed by atoms with E-state index in [0.29, 0.717) is 18.0 Å². The van der Waals surface area contributed by atoms with Crippen LogP contribution in [0.5, 0.6) is 0 Å². The molecule has 4 heterocycles. The van der Waals surface area contributed by atoms with Gasteiger partial charge in [-0.3, -0.25) is 9.59 Å². The van der Waals surface area contributed by atoms with Crippen molar-refractivity contribution in [2.24, 2.45) is 0 Å². The first-order valence-corrected chi connectivity index (χ1v) is 17.2. The number of anilines is 1. The minimum atomic E-state index is 0.0722. The summed E-state index contributed by atoms with van der Waals surface area (Å²) in [6.07, 6.45) is 11.0. The van der Waals surface area contributed by atoms with Crippen LogP contribution >= 0.6 is 22.7 Å². The Kier molecular flexibility index (Phi) is 8.44. The molecule has 2 aliphatic rings. The largest absolute Gasteiger partial charge is 0.355 e. The van der Waals surface area contributed by atoms with E-state index in [-0.39, 0.29) is 11.6 Å². The Bertz CT molecular complexity index is 1830. The van der Waals surface area contributed by atoms with Crippen molar-refractivity contribution in [3.63, 3.8) is 0 Å². The van der Waals surface area contributed by atoms with Crippen LogP contribution in [-0.2, 0) is 12.8 Å². The third-order valence-electron chi connectivity index (χ3n) is 8.91. The molecule has 8 heteroatoms. The van der Waals surface area contributed by atoms with Gasteiger partial charge in [0.1, 0.15) is 17.8 Å². The summed E-state index contributed by atoms with van der Waals surface area (Å²) < 4.78 is 1.15. The number of piperidine rings is 1. The molecule has 1 saturated heterocycles. The van der Waals surface area contributed by atoms with Gasteiger partial charge in [-0.25, -0.2) is 15.0 Å². The molecule has 0 saturated carbocycles. The van der Waals surface area contributed by atoms with Gasteiger partial charge in [0.15, 0.2) is 11.6 Å². The number of allylic oxidation sites excluding steroid dienone is 2. The van der Waals surface area contributed by atoms with Crippen LogP contribution in [0, 0.1) is 0 Å². The van der Waals surface area contributed by atoms with E-state index in [9.17, 15) is 9.59 Å². The molecule has 2 aromatic carbocycles. The maximum atomic E-state index is 13.2. The first kappa shape index (κ1) is 28.7. The summed E-state index contributed by atoms with van der Waals surface area (Å²) in [4.78, 5) is 42.2. The Balaban J connectivity index is 0.933. The van der Waals surface area contributed by atoms with Crippen molar-refractivity contribution in [1.82, 2.24) is 15.0 Å². The number of hydrogen-bond donors (Lipinski definition) is 0. The molecule has 7 rings (SSSR count). The van der Waals surface area contributed by atoms with E-state index < -0.39 is 0 Å². The Morgan fingerprint density at radius 1 is 0.909 bits per heavy atom. The van der Waals surface area contributed by atoms with E-state index in [1.165, 1.54) is 16.7 Å². The smallest absolute Gasteiger partial charge is 0.193 e. The summed E-state index contributed by atoms with van der Waals surface area (Å²) in [5, 5.41) is 5.12. The van der Waals surface area contributed by atoms with E-state index in [0.717, 1.165) is 90.2 Å². The zero-order valence-electron chi connectivity index (χ0n) is 24.6. The number of thiophene rings is 1. The molecule has 5 aromatic rings. The molecular formula is C36H34N4O2S2. The van der Waals surface area contributed by atoms with Crippen LogP contribution < -0.4 is 4.90 Å². The van der Waals surface area contributed by atoms with E-state index in [1.54, 1.807) is 29.0 Å². The number of aromatic nitrogens is 3. The molecule has 0 unspecified atom stereocenters. The zero-order valence-corrected chi connectivity index (χ0v) is 26.2. The number of rotatable bonds is 8. The van der Waals surface area contributed by atoms with Gasteiger partial charge in [-0.15, -0.1) is 22.7 Å². The summed E-state index contributed by atoms with van der Waals surface area (Å²) in [5.74, 6) is 1.63. The van der Waals surface area contributed by atoms with Crippen molar-refractivity contribution in [1.29, 1.82) is 0 Å². The lowest BCUT2D eigenvalue weighted by Crippen LogP contribution is -2.33. The average molecular weight is 619 g/mol. The Labute approximate surface area is 265 Å². The van der Waals surface area contributed by atoms with Crippen LogP contribution in [0.15, 0.2) is 83.3 Å². The number of Topliss-reactive ketones (excluding diaryl/α,β-unsaturated/α-hetero) is 1. The maximum Gasteiger partial charge on any atom is 0.193 e. The highest BCUT2D eigenvalue weighted by Crippen LogP contribution is 2.35. The van der Waals surface area contributed by atoms with E-state index in [2.05, 4.69) is 38.5 Å². The normalized spacial score (nSPS) is 17.0. The maximum absolute atomic E-state index is 13.2. The van der Waals surface area contributed by atoms with Crippen molar-refractivity contribution >= 4 is 50.3 Å². The van der Waals surface area contributed by atoms with Gasteiger partial charge in [-0.2, -0.15) is 0 Å². The number of hydrogen-bond acceptors (Lipinski definition) is 8. The first-order valence-electron chi connectivity index (χ1n) is 15.4. The molecular weight excluding hydrogens is 585 g/mol. The lowest BCUT2D eigenvalue weighted by atomic mass is 9.89. The van der Waals surface area contributed by atoms with Crippen molar-refractivity contribution in [3.8, 4) is 0 Å². The number of carbonyl (C=O) groups is 2. The van der Waals surface area contributed by atoms with Crippen molar-refractivity contribution < 1.29 is 9.59 Å². The SMILES string of the molecule is O=C(c1ccccc1)c1ccc2c(c1)CCC/C(CCC(=O)c1csc(C3CCN(c4ncnc5ccsc45)CC3)n1)=C\C2.